The Morgan fingerprint density at radius 3 is 2.95 bits per heavy atom. The molecule has 0 aliphatic rings. The molecule has 1 unspecified atom stereocenters. The third-order valence-electron chi connectivity index (χ3n) is 2.97. The van der Waals surface area contributed by atoms with Crippen LogP contribution < -0.4 is 4.74 Å². The predicted molar refractivity (Wildman–Crippen MR) is 78.5 cm³/mol. The number of benzene rings is 1. The van der Waals surface area contributed by atoms with Crippen LogP contribution in [-0.2, 0) is 0 Å². The lowest BCUT2D eigenvalue weighted by atomic mass is 10.1. The molecule has 3 nitrogen and oxygen atoms in total. The van der Waals surface area contributed by atoms with Crippen molar-refractivity contribution in [3.63, 3.8) is 0 Å². The molecule has 0 saturated carbocycles. The molecule has 1 heterocycles. The zero-order valence-electron chi connectivity index (χ0n) is 11.1. The third kappa shape index (κ3) is 3.18. The minimum absolute atomic E-state index is 0.149. The number of hydrogen-bond acceptors (Lipinski definition) is 2. The first-order valence-corrected chi connectivity index (χ1v) is 6.63. The molecule has 0 fully saturated rings. The predicted octanol–water partition coefficient (Wildman–Crippen LogP) is 4.23. The Morgan fingerprint density at radius 1 is 1.53 bits per heavy atom. The van der Waals surface area contributed by atoms with Gasteiger partial charge < -0.3 is 9.30 Å². The normalized spacial score (nSPS) is 12.2. The molecule has 0 saturated heterocycles. The molecule has 1 aromatic heterocycles. The van der Waals surface area contributed by atoms with Crippen LogP contribution in [0.2, 0.25) is 5.02 Å². The van der Waals surface area contributed by atoms with Crippen molar-refractivity contribution in [2.24, 2.45) is 0 Å². The van der Waals surface area contributed by atoms with Crippen molar-refractivity contribution in [1.29, 1.82) is 0 Å². The summed E-state index contributed by atoms with van der Waals surface area (Å²) in [6, 6.07) is 5.57. The lowest BCUT2D eigenvalue weighted by molar-refractivity contribution is 0.217. The average Bonchev–Trinajstić information content (AvgIpc) is 2.93. The Bertz CT molecular complexity index is 564. The Morgan fingerprint density at radius 2 is 2.32 bits per heavy atom. The highest BCUT2D eigenvalue weighted by Gasteiger charge is 2.12. The maximum atomic E-state index is 6.07. The Balaban J connectivity index is 2.37. The van der Waals surface area contributed by atoms with Gasteiger partial charge in [-0.15, -0.1) is 0 Å². The van der Waals surface area contributed by atoms with Crippen LogP contribution in [0.25, 0.3) is 5.70 Å². The molecular weight excluding hydrogens is 260 g/mol. The first-order chi connectivity index (χ1) is 9.11. The molecule has 2 aromatic rings. The fourth-order valence-electron chi connectivity index (χ4n) is 1.69. The zero-order valence-corrected chi connectivity index (χ0v) is 11.9. The van der Waals surface area contributed by atoms with Crippen LogP contribution in [-0.4, -0.2) is 15.7 Å². The van der Waals surface area contributed by atoms with E-state index in [1.54, 1.807) is 12.5 Å². The van der Waals surface area contributed by atoms with E-state index in [1.807, 2.05) is 35.9 Å². The molecule has 1 atom stereocenters. The van der Waals surface area contributed by atoms with Gasteiger partial charge in [-0.1, -0.05) is 25.1 Å². The van der Waals surface area contributed by atoms with Crippen molar-refractivity contribution in [3.8, 4) is 5.75 Å². The summed E-state index contributed by atoms with van der Waals surface area (Å²) in [5, 5.41) is 0.660. The van der Waals surface area contributed by atoms with E-state index in [4.69, 9.17) is 16.3 Å². The van der Waals surface area contributed by atoms with Gasteiger partial charge in [0.05, 0.1) is 18.1 Å². The van der Waals surface area contributed by atoms with E-state index in [0.29, 0.717) is 5.02 Å². The summed E-state index contributed by atoms with van der Waals surface area (Å²) in [5.74, 6) is 0.789. The van der Waals surface area contributed by atoms with Crippen LogP contribution in [0.3, 0.4) is 0 Å². The van der Waals surface area contributed by atoms with Gasteiger partial charge in [0, 0.05) is 23.0 Å². The average molecular weight is 277 g/mol. The Hall–Kier alpha value is -1.74. The van der Waals surface area contributed by atoms with Gasteiger partial charge in [-0.05, 0) is 31.5 Å². The number of rotatable bonds is 5. The molecule has 0 amide bonds. The van der Waals surface area contributed by atoms with E-state index in [-0.39, 0.29) is 6.10 Å². The molecule has 0 N–H and O–H groups in total. The second kappa shape index (κ2) is 5.93. The van der Waals surface area contributed by atoms with Gasteiger partial charge in [0.15, 0.2) is 0 Å². The quantitative estimate of drug-likeness (QED) is 0.817. The number of ether oxygens (including phenoxy) is 1. The highest BCUT2D eigenvalue weighted by atomic mass is 35.5. The molecular formula is C15H17ClN2O. The number of nitrogens with zero attached hydrogens (tertiary/aromatic N) is 2. The second-order valence-corrected chi connectivity index (χ2v) is 4.83. The monoisotopic (exact) mass is 276 g/mol. The van der Waals surface area contributed by atoms with Crippen LogP contribution in [0.4, 0.5) is 0 Å². The van der Waals surface area contributed by atoms with Crippen LogP contribution >= 0.6 is 11.6 Å². The number of halogens is 1. The van der Waals surface area contributed by atoms with Gasteiger partial charge in [-0.3, -0.25) is 0 Å². The van der Waals surface area contributed by atoms with Gasteiger partial charge in [0.25, 0.3) is 0 Å². The first-order valence-electron chi connectivity index (χ1n) is 6.25. The topological polar surface area (TPSA) is 27.1 Å². The molecule has 19 heavy (non-hydrogen) atoms. The van der Waals surface area contributed by atoms with Crippen molar-refractivity contribution in [2.45, 2.75) is 26.4 Å². The van der Waals surface area contributed by atoms with Crippen molar-refractivity contribution < 1.29 is 4.74 Å². The fourth-order valence-corrected chi connectivity index (χ4v) is 1.86. The van der Waals surface area contributed by atoms with Crippen LogP contribution in [0, 0.1) is 0 Å². The molecule has 0 radical (unpaired) electrons. The lowest BCUT2D eigenvalue weighted by Gasteiger charge is -2.18. The lowest BCUT2D eigenvalue weighted by Crippen LogP contribution is -2.11. The molecule has 0 spiro atoms. The number of aromatic nitrogens is 2. The van der Waals surface area contributed by atoms with Crippen LogP contribution in [0.1, 0.15) is 25.8 Å². The fraction of sp³-hybridized carbons (Fsp3) is 0.267. The number of imidazole rings is 1. The van der Waals surface area contributed by atoms with Crippen LogP contribution in [0.15, 0.2) is 43.5 Å². The standard InChI is InChI=1S/C15H17ClN2O/c1-4-11(2)19-15-6-5-13(16)9-14(15)12(3)18-8-7-17-10-18/h5-11H,3-4H2,1-2H3. The summed E-state index contributed by atoms with van der Waals surface area (Å²) in [6.45, 7) is 8.21. The van der Waals surface area contributed by atoms with Gasteiger partial charge in [0.2, 0.25) is 0 Å². The van der Waals surface area contributed by atoms with Crippen molar-refractivity contribution >= 4 is 17.3 Å². The summed E-state index contributed by atoms with van der Waals surface area (Å²) in [6.07, 6.45) is 6.35. The minimum atomic E-state index is 0.149. The van der Waals surface area contributed by atoms with Crippen molar-refractivity contribution in [2.75, 3.05) is 0 Å². The summed E-state index contributed by atoms with van der Waals surface area (Å²) in [5.41, 5.74) is 1.67. The highest BCUT2D eigenvalue weighted by Crippen LogP contribution is 2.30. The van der Waals surface area contributed by atoms with E-state index in [2.05, 4.69) is 18.5 Å². The maximum Gasteiger partial charge on any atom is 0.129 e. The minimum Gasteiger partial charge on any atom is -0.490 e. The molecule has 0 aliphatic carbocycles. The molecule has 0 aliphatic heterocycles. The summed E-state index contributed by atoms with van der Waals surface area (Å²) in [7, 11) is 0. The van der Waals surface area contributed by atoms with Crippen LogP contribution in [0.5, 0.6) is 5.75 Å². The van der Waals surface area contributed by atoms with Crippen molar-refractivity contribution in [1.82, 2.24) is 9.55 Å². The number of hydrogen-bond donors (Lipinski definition) is 0. The van der Waals surface area contributed by atoms with E-state index in [9.17, 15) is 0 Å². The SMILES string of the molecule is C=C(c1cc(Cl)ccc1OC(C)CC)n1ccnc1. The van der Waals surface area contributed by atoms with Gasteiger partial charge >= 0.3 is 0 Å². The van der Waals surface area contributed by atoms with E-state index in [0.717, 1.165) is 23.4 Å². The molecule has 0 bridgehead atoms. The van der Waals surface area contributed by atoms with Gasteiger partial charge in [-0.25, -0.2) is 4.98 Å². The van der Waals surface area contributed by atoms with E-state index in [1.165, 1.54) is 0 Å². The summed E-state index contributed by atoms with van der Waals surface area (Å²) in [4.78, 5) is 4.03. The summed E-state index contributed by atoms with van der Waals surface area (Å²) < 4.78 is 7.76. The van der Waals surface area contributed by atoms with E-state index < -0.39 is 0 Å². The molecule has 1 aromatic carbocycles. The van der Waals surface area contributed by atoms with Crippen molar-refractivity contribution in [3.05, 3.63) is 54.1 Å². The molecule has 2 rings (SSSR count). The summed E-state index contributed by atoms with van der Waals surface area (Å²) >= 11 is 6.07. The van der Waals surface area contributed by atoms with E-state index >= 15 is 0 Å². The van der Waals surface area contributed by atoms with Gasteiger partial charge in [-0.2, -0.15) is 0 Å². The molecule has 4 heteroatoms. The Kier molecular flexibility index (Phi) is 4.27. The smallest absolute Gasteiger partial charge is 0.129 e. The highest BCUT2D eigenvalue weighted by molar-refractivity contribution is 6.30. The third-order valence-corrected chi connectivity index (χ3v) is 3.21. The zero-order chi connectivity index (χ0) is 13.8. The Labute approximate surface area is 118 Å². The second-order valence-electron chi connectivity index (χ2n) is 4.39. The first kappa shape index (κ1) is 13.7. The van der Waals surface area contributed by atoms with Gasteiger partial charge in [0.1, 0.15) is 5.75 Å². The largest absolute Gasteiger partial charge is 0.490 e. The maximum absolute atomic E-state index is 6.07. The molecule has 100 valence electrons.